The second kappa shape index (κ2) is 8.46. The number of rotatable bonds is 5. The quantitative estimate of drug-likeness (QED) is 0.422. The largest absolute Gasteiger partial charge is 0.231 e. The number of halogens is 3. The summed E-state index contributed by atoms with van der Waals surface area (Å²) in [7, 11) is 0. The molecule has 0 N–H and O–H groups in total. The average molecular weight is 399 g/mol. The van der Waals surface area contributed by atoms with Crippen LogP contribution in [0.25, 0.3) is 6.08 Å². The minimum absolute atomic E-state index is 0.339. The summed E-state index contributed by atoms with van der Waals surface area (Å²) in [5.41, 5.74) is 3.54. The predicted molar refractivity (Wildman–Crippen MR) is 119 cm³/mol. The topological polar surface area (TPSA) is 0 Å². The fourth-order valence-corrected chi connectivity index (χ4v) is 4.03. The second-order valence-corrected chi connectivity index (χ2v) is 7.36. The Morgan fingerprint density at radius 2 is 0.833 bits per heavy atom. The van der Waals surface area contributed by atoms with Crippen LogP contribution in [-0.2, 0) is 0 Å². The molecule has 0 aromatic heterocycles. The van der Waals surface area contributed by atoms with Crippen molar-refractivity contribution in [1.82, 2.24) is 0 Å². The molecular formula is C26H19BF3-. The average Bonchev–Trinajstić information content (AvgIpc) is 2.78. The van der Waals surface area contributed by atoms with Crippen molar-refractivity contribution in [3.05, 3.63) is 132 Å². The van der Waals surface area contributed by atoms with E-state index in [1.165, 1.54) is 36.4 Å². The fraction of sp³-hybridized carbons (Fsp3) is 0. The van der Waals surface area contributed by atoms with Gasteiger partial charge < -0.3 is 0 Å². The molecule has 4 aromatic carbocycles. The van der Waals surface area contributed by atoms with Crippen LogP contribution in [-0.4, -0.2) is 6.15 Å². The van der Waals surface area contributed by atoms with Crippen LogP contribution in [0.1, 0.15) is 5.56 Å². The summed E-state index contributed by atoms with van der Waals surface area (Å²) in [5, 5.41) is 0. The Hall–Kier alpha value is -3.53. The van der Waals surface area contributed by atoms with Gasteiger partial charge in [-0.15, -0.1) is 0 Å². The molecule has 0 aliphatic carbocycles. The lowest BCUT2D eigenvalue weighted by atomic mass is 9.15. The molecule has 0 unspecified atom stereocenters. The Balaban J connectivity index is 2.01. The molecular weight excluding hydrogens is 380 g/mol. The van der Waals surface area contributed by atoms with Crippen molar-refractivity contribution in [2.75, 3.05) is 0 Å². The van der Waals surface area contributed by atoms with Crippen molar-refractivity contribution in [3.8, 4) is 0 Å². The van der Waals surface area contributed by atoms with Crippen LogP contribution in [0.15, 0.2) is 109 Å². The van der Waals surface area contributed by atoms with Crippen molar-refractivity contribution in [2.24, 2.45) is 0 Å². The third-order valence-electron chi connectivity index (χ3n) is 5.56. The molecule has 148 valence electrons. The van der Waals surface area contributed by atoms with E-state index in [1.807, 2.05) is 36.4 Å². The zero-order valence-electron chi connectivity index (χ0n) is 16.2. The highest BCUT2D eigenvalue weighted by Crippen LogP contribution is 2.14. The molecule has 4 heteroatoms. The first-order chi connectivity index (χ1) is 14.6. The monoisotopic (exact) mass is 399 g/mol. The number of hydrogen-bond donors (Lipinski definition) is 0. The van der Waals surface area contributed by atoms with Gasteiger partial charge in [0.2, 0.25) is 0 Å². The van der Waals surface area contributed by atoms with Gasteiger partial charge in [0.15, 0.2) is 0 Å². The minimum atomic E-state index is -1.76. The van der Waals surface area contributed by atoms with Crippen LogP contribution in [0, 0.1) is 17.5 Å². The van der Waals surface area contributed by atoms with Gasteiger partial charge in [-0.3, -0.25) is 0 Å². The molecule has 0 saturated carbocycles. The van der Waals surface area contributed by atoms with Gasteiger partial charge in [-0.2, -0.15) is 16.4 Å². The van der Waals surface area contributed by atoms with Gasteiger partial charge in [-0.25, -0.2) is 19.1 Å². The molecule has 0 aliphatic heterocycles. The molecule has 30 heavy (non-hydrogen) atoms. The molecule has 0 aliphatic rings. The molecule has 0 radical (unpaired) electrons. The number of benzene rings is 4. The lowest BCUT2D eigenvalue weighted by molar-refractivity contribution is 0.628. The number of hydrogen-bond acceptors (Lipinski definition) is 0. The van der Waals surface area contributed by atoms with Crippen LogP contribution in [0.5, 0.6) is 0 Å². The highest BCUT2D eigenvalue weighted by Gasteiger charge is 2.27. The summed E-state index contributed by atoms with van der Waals surface area (Å²) >= 11 is 0. The summed E-state index contributed by atoms with van der Waals surface area (Å²) in [6.45, 7) is 0. The van der Waals surface area contributed by atoms with E-state index < -0.39 is 6.15 Å². The molecule has 0 heterocycles. The Morgan fingerprint density at radius 3 is 1.20 bits per heavy atom. The zero-order valence-corrected chi connectivity index (χ0v) is 16.2. The summed E-state index contributed by atoms with van der Waals surface area (Å²) < 4.78 is 41.2. The third-order valence-corrected chi connectivity index (χ3v) is 5.56. The summed E-state index contributed by atoms with van der Waals surface area (Å²) in [5.74, 6) is 1.04. The Bertz CT molecular complexity index is 1020. The van der Waals surface area contributed by atoms with Crippen molar-refractivity contribution in [2.45, 2.75) is 0 Å². The van der Waals surface area contributed by atoms with Crippen LogP contribution in [0.2, 0.25) is 0 Å². The SMILES string of the molecule is Fc1ccc([B-](C=Cc2ccccc2)(c2ccc(F)cc2)c2ccc(F)cc2)cc1. The smallest absolute Gasteiger partial charge is 0.122 e. The van der Waals surface area contributed by atoms with Crippen LogP contribution in [0.4, 0.5) is 13.2 Å². The first-order valence-electron chi connectivity index (χ1n) is 9.76. The van der Waals surface area contributed by atoms with Crippen LogP contribution in [0.3, 0.4) is 0 Å². The summed E-state index contributed by atoms with van der Waals surface area (Å²) in [6.07, 6.45) is 0.232. The lowest BCUT2D eigenvalue weighted by Gasteiger charge is -2.40. The van der Waals surface area contributed by atoms with Gasteiger partial charge in [0.05, 0.1) is 0 Å². The molecule has 0 amide bonds. The van der Waals surface area contributed by atoms with Gasteiger partial charge in [0, 0.05) is 0 Å². The fourth-order valence-electron chi connectivity index (χ4n) is 4.03. The predicted octanol–water partition coefficient (Wildman–Crippen LogP) is 4.83. The first kappa shape index (κ1) is 19.8. The van der Waals surface area contributed by atoms with Gasteiger partial charge in [-0.05, 0) is 42.0 Å². The van der Waals surface area contributed by atoms with Crippen molar-refractivity contribution in [1.29, 1.82) is 0 Å². The second-order valence-electron chi connectivity index (χ2n) is 7.36. The lowest BCUT2D eigenvalue weighted by Crippen LogP contribution is -2.66. The Labute approximate surface area is 174 Å². The highest BCUT2D eigenvalue weighted by molar-refractivity contribution is 7.15. The standard InChI is InChI=1S/C26H19BF3/c28-24-12-6-21(7-13-24)27(22-8-14-25(29)15-9-22,23-10-16-26(30)17-11-23)19-18-20-4-2-1-3-5-20/h1-19H/q-1. The molecule has 4 aromatic rings. The maximum absolute atomic E-state index is 13.7. The van der Waals surface area contributed by atoms with Crippen LogP contribution >= 0.6 is 0 Å². The van der Waals surface area contributed by atoms with Crippen LogP contribution < -0.4 is 16.4 Å². The Morgan fingerprint density at radius 1 is 0.467 bits per heavy atom. The molecule has 0 saturated heterocycles. The molecule has 0 spiro atoms. The molecule has 0 fully saturated rings. The maximum atomic E-state index is 13.7. The normalized spacial score (nSPS) is 11.7. The van der Waals surface area contributed by atoms with E-state index >= 15 is 0 Å². The summed E-state index contributed by atoms with van der Waals surface area (Å²) in [6, 6.07) is 28.7. The first-order valence-corrected chi connectivity index (χ1v) is 9.76. The van der Waals surface area contributed by atoms with E-state index in [0.29, 0.717) is 0 Å². The van der Waals surface area contributed by atoms with Gasteiger partial charge >= 0.3 is 0 Å². The van der Waals surface area contributed by atoms with E-state index in [4.69, 9.17) is 0 Å². The van der Waals surface area contributed by atoms with Crippen molar-refractivity contribution < 1.29 is 13.2 Å². The van der Waals surface area contributed by atoms with Gasteiger partial charge in [0.25, 0.3) is 0 Å². The Kier molecular flexibility index (Phi) is 5.58. The van der Waals surface area contributed by atoms with E-state index in [1.54, 1.807) is 36.4 Å². The molecule has 0 nitrogen and oxygen atoms in total. The van der Waals surface area contributed by atoms with E-state index in [2.05, 4.69) is 5.98 Å². The maximum Gasteiger partial charge on any atom is 0.122 e. The van der Waals surface area contributed by atoms with E-state index in [9.17, 15) is 13.2 Å². The minimum Gasteiger partial charge on any atom is -0.231 e. The molecule has 0 bridgehead atoms. The molecule has 0 atom stereocenters. The van der Waals surface area contributed by atoms with Crippen molar-refractivity contribution >= 4 is 28.6 Å². The van der Waals surface area contributed by atoms with E-state index in [0.717, 1.165) is 22.0 Å². The third kappa shape index (κ3) is 3.94. The summed E-state index contributed by atoms with van der Waals surface area (Å²) in [4.78, 5) is 0. The van der Waals surface area contributed by atoms with E-state index in [-0.39, 0.29) is 17.5 Å². The van der Waals surface area contributed by atoms with Gasteiger partial charge in [0.1, 0.15) is 23.6 Å². The van der Waals surface area contributed by atoms with Gasteiger partial charge in [-0.1, -0.05) is 72.8 Å². The molecule has 4 rings (SSSR count). The highest BCUT2D eigenvalue weighted by atomic mass is 19.1. The van der Waals surface area contributed by atoms with Crippen molar-refractivity contribution in [3.63, 3.8) is 0 Å². The zero-order chi connectivity index (χ0) is 21.0.